The predicted octanol–water partition coefficient (Wildman–Crippen LogP) is 6.53. The molecule has 0 amide bonds. The molecule has 11 heteroatoms. The van der Waals surface area contributed by atoms with Gasteiger partial charge in [-0.25, -0.2) is 24.0 Å². The lowest BCUT2D eigenvalue weighted by Crippen LogP contribution is -2.20. The Hall–Kier alpha value is -5.97. The first-order valence-electron chi connectivity index (χ1n) is 14.1. The van der Waals surface area contributed by atoms with Crippen LogP contribution in [0.15, 0.2) is 84.9 Å². The molecule has 0 aliphatic heterocycles. The zero-order chi connectivity index (χ0) is 33.2. The van der Waals surface area contributed by atoms with Crippen LogP contribution < -0.4 is 9.47 Å². The molecule has 0 saturated heterocycles. The fraction of sp³-hybridized carbons (Fsp3) is 0.171. The molecule has 0 radical (unpaired) electrons. The topological polar surface area (TPSA) is 141 Å². The number of carbonyl (C=O) groups excluding carboxylic acids is 5. The molecule has 0 atom stereocenters. The number of ether oxygens (including phenoxy) is 6. The molecule has 4 aromatic rings. The van der Waals surface area contributed by atoms with Crippen LogP contribution in [0.3, 0.4) is 0 Å². The standard InChI is InChI=1S/C35H30O11/c1-5-43-33(38)27-19-11-17-23(21-13-7-9-15-25(21)31(36)41-3)29(27)45-35(40)46-30-24(18-12-20-28(30)34(39)44-6-2)22-14-8-10-16-26(22)32(37)42-4/h7-20H,5-6H2,1-4H3. The molecule has 0 saturated carbocycles. The van der Waals surface area contributed by atoms with Crippen LogP contribution in [-0.4, -0.2) is 57.5 Å². The Morgan fingerprint density at radius 3 is 1.17 bits per heavy atom. The summed E-state index contributed by atoms with van der Waals surface area (Å²) in [4.78, 5) is 64.8. The van der Waals surface area contributed by atoms with Gasteiger partial charge in [0.15, 0.2) is 11.5 Å². The summed E-state index contributed by atoms with van der Waals surface area (Å²) < 4.78 is 31.6. The molecule has 0 heterocycles. The Balaban J connectivity index is 1.87. The second kappa shape index (κ2) is 15.2. The van der Waals surface area contributed by atoms with Crippen molar-refractivity contribution in [3.05, 3.63) is 107 Å². The second-order valence-corrected chi connectivity index (χ2v) is 9.33. The predicted molar refractivity (Wildman–Crippen MR) is 165 cm³/mol. The Labute approximate surface area is 264 Å². The third-order valence-electron chi connectivity index (χ3n) is 6.64. The number of esters is 4. The Morgan fingerprint density at radius 1 is 0.457 bits per heavy atom. The molecule has 0 unspecified atom stereocenters. The number of benzene rings is 4. The average Bonchev–Trinajstić information content (AvgIpc) is 3.07. The van der Waals surface area contributed by atoms with Crippen LogP contribution in [0, 0.1) is 0 Å². The fourth-order valence-electron chi connectivity index (χ4n) is 4.66. The van der Waals surface area contributed by atoms with Crippen LogP contribution >= 0.6 is 0 Å². The first-order chi connectivity index (χ1) is 22.2. The van der Waals surface area contributed by atoms with Crippen LogP contribution in [0.2, 0.25) is 0 Å². The monoisotopic (exact) mass is 626 g/mol. The normalized spacial score (nSPS) is 10.3. The van der Waals surface area contributed by atoms with Gasteiger partial charge in [-0.2, -0.15) is 0 Å². The van der Waals surface area contributed by atoms with Gasteiger partial charge in [0.1, 0.15) is 11.1 Å². The van der Waals surface area contributed by atoms with Crippen molar-refractivity contribution in [2.45, 2.75) is 13.8 Å². The van der Waals surface area contributed by atoms with E-state index in [-0.39, 0.29) is 58.1 Å². The van der Waals surface area contributed by atoms with Gasteiger partial charge in [-0.1, -0.05) is 60.7 Å². The van der Waals surface area contributed by atoms with Crippen molar-refractivity contribution in [3.8, 4) is 33.8 Å². The molecular weight excluding hydrogens is 596 g/mol. The molecule has 0 aromatic heterocycles. The van der Waals surface area contributed by atoms with Gasteiger partial charge < -0.3 is 28.4 Å². The minimum absolute atomic E-state index is 0.0293. The number of methoxy groups -OCH3 is 2. The Bertz CT molecular complexity index is 1660. The molecule has 0 spiro atoms. The number of rotatable bonds is 10. The summed E-state index contributed by atoms with van der Waals surface area (Å²) in [7, 11) is 2.44. The fourth-order valence-corrected chi connectivity index (χ4v) is 4.66. The zero-order valence-electron chi connectivity index (χ0n) is 25.5. The molecular formula is C35H30O11. The summed E-state index contributed by atoms with van der Waals surface area (Å²) in [5, 5.41) is 0. The maximum Gasteiger partial charge on any atom is 0.519 e. The molecule has 0 aliphatic rings. The molecule has 0 bridgehead atoms. The van der Waals surface area contributed by atoms with Gasteiger partial charge in [-0.15, -0.1) is 0 Å². The summed E-state index contributed by atoms with van der Waals surface area (Å²) in [6.45, 7) is 3.29. The van der Waals surface area contributed by atoms with Crippen LogP contribution in [0.25, 0.3) is 22.3 Å². The molecule has 0 aliphatic carbocycles. The number of hydrogen-bond donors (Lipinski definition) is 0. The van der Waals surface area contributed by atoms with Crippen LogP contribution in [0.5, 0.6) is 11.5 Å². The highest BCUT2D eigenvalue weighted by Crippen LogP contribution is 2.39. The van der Waals surface area contributed by atoms with E-state index in [0.717, 1.165) is 0 Å². The Kier molecular flexibility index (Phi) is 10.9. The minimum atomic E-state index is -1.35. The lowest BCUT2D eigenvalue weighted by Gasteiger charge is -2.18. The van der Waals surface area contributed by atoms with Gasteiger partial charge in [-0.05, 0) is 49.2 Å². The van der Waals surface area contributed by atoms with Crippen molar-refractivity contribution in [2.24, 2.45) is 0 Å². The van der Waals surface area contributed by atoms with Crippen LogP contribution in [0.1, 0.15) is 55.3 Å². The zero-order valence-corrected chi connectivity index (χ0v) is 25.5. The van der Waals surface area contributed by atoms with Gasteiger partial charge >= 0.3 is 30.0 Å². The molecule has 4 rings (SSSR count). The van der Waals surface area contributed by atoms with E-state index >= 15 is 0 Å². The van der Waals surface area contributed by atoms with Crippen molar-refractivity contribution in [1.29, 1.82) is 0 Å². The summed E-state index contributed by atoms with van der Waals surface area (Å²) >= 11 is 0. The van der Waals surface area contributed by atoms with E-state index in [1.54, 1.807) is 50.2 Å². The van der Waals surface area contributed by atoms with Crippen molar-refractivity contribution in [2.75, 3.05) is 27.4 Å². The average molecular weight is 627 g/mol. The van der Waals surface area contributed by atoms with Gasteiger partial charge in [0.2, 0.25) is 0 Å². The van der Waals surface area contributed by atoms with E-state index < -0.39 is 30.0 Å². The number of carbonyl (C=O) groups is 5. The van der Waals surface area contributed by atoms with Gasteiger partial charge in [0.25, 0.3) is 0 Å². The quantitative estimate of drug-likeness (QED) is 0.108. The highest BCUT2D eigenvalue weighted by molar-refractivity contribution is 6.03. The molecule has 11 nitrogen and oxygen atoms in total. The van der Waals surface area contributed by atoms with E-state index in [4.69, 9.17) is 28.4 Å². The van der Waals surface area contributed by atoms with Crippen LogP contribution in [-0.2, 0) is 18.9 Å². The third-order valence-corrected chi connectivity index (χ3v) is 6.64. The van der Waals surface area contributed by atoms with Gasteiger partial charge in [0, 0.05) is 11.1 Å². The highest BCUT2D eigenvalue weighted by atomic mass is 16.7. The first-order valence-corrected chi connectivity index (χ1v) is 14.1. The lowest BCUT2D eigenvalue weighted by molar-refractivity contribution is 0.0515. The largest absolute Gasteiger partial charge is 0.519 e. The maximum atomic E-state index is 13.6. The third kappa shape index (κ3) is 7.05. The van der Waals surface area contributed by atoms with Gasteiger partial charge in [0.05, 0.1) is 38.6 Å². The molecule has 0 N–H and O–H groups in total. The number of para-hydroxylation sites is 2. The minimum Gasteiger partial charge on any atom is -0.465 e. The molecule has 236 valence electrons. The van der Waals surface area contributed by atoms with E-state index in [1.807, 2.05) is 0 Å². The summed E-state index contributed by atoms with van der Waals surface area (Å²) in [5.41, 5.74) is 0.955. The summed E-state index contributed by atoms with van der Waals surface area (Å²) in [6.07, 6.45) is -1.35. The summed E-state index contributed by atoms with van der Waals surface area (Å²) in [5.74, 6) is -3.48. The second-order valence-electron chi connectivity index (χ2n) is 9.33. The lowest BCUT2D eigenvalue weighted by atomic mass is 9.96. The van der Waals surface area contributed by atoms with Gasteiger partial charge in [-0.3, -0.25) is 0 Å². The van der Waals surface area contributed by atoms with Crippen molar-refractivity contribution < 1.29 is 52.4 Å². The van der Waals surface area contributed by atoms with E-state index in [9.17, 15) is 24.0 Å². The molecule has 4 aromatic carbocycles. The van der Waals surface area contributed by atoms with Crippen molar-refractivity contribution in [1.82, 2.24) is 0 Å². The first kappa shape index (κ1) is 32.9. The Morgan fingerprint density at radius 2 is 0.804 bits per heavy atom. The molecule has 46 heavy (non-hydrogen) atoms. The summed E-state index contributed by atoms with van der Waals surface area (Å²) in [6, 6.07) is 21.7. The van der Waals surface area contributed by atoms with E-state index in [1.165, 1.54) is 62.8 Å². The van der Waals surface area contributed by atoms with Crippen molar-refractivity contribution in [3.63, 3.8) is 0 Å². The maximum absolute atomic E-state index is 13.6. The van der Waals surface area contributed by atoms with E-state index in [0.29, 0.717) is 11.1 Å². The van der Waals surface area contributed by atoms with E-state index in [2.05, 4.69) is 0 Å². The van der Waals surface area contributed by atoms with Crippen LogP contribution in [0.4, 0.5) is 4.79 Å². The molecule has 0 fully saturated rings. The smallest absolute Gasteiger partial charge is 0.465 e. The SMILES string of the molecule is CCOC(=O)c1cccc(-c2ccccc2C(=O)OC)c1OC(=O)Oc1c(C(=O)OCC)cccc1-c1ccccc1C(=O)OC. The highest BCUT2D eigenvalue weighted by Gasteiger charge is 2.28. The van der Waals surface area contributed by atoms with Crippen molar-refractivity contribution >= 4 is 30.0 Å². The number of hydrogen-bond acceptors (Lipinski definition) is 11.